The van der Waals surface area contributed by atoms with Crippen LogP contribution in [0.1, 0.15) is 71.8 Å². The molecule has 17 heavy (non-hydrogen) atoms. The number of aromatic amines is 1. The molecule has 0 spiro atoms. The SMILES string of the molecule is O=C(O)c1c(C2CCCC2)[nH]c2c1CCCC2. The first kappa shape index (κ1) is 10.9. The van der Waals surface area contributed by atoms with Crippen LogP contribution in [0.25, 0.3) is 0 Å². The number of nitrogens with one attached hydrogen (secondary N) is 1. The van der Waals surface area contributed by atoms with Crippen LogP contribution in [0.15, 0.2) is 0 Å². The molecule has 0 unspecified atom stereocenters. The summed E-state index contributed by atoms with van der Waals surface area (Å²) in [6.45, 7) is 0. The number of aromatic nitrogens is 1. The number of aryl methyl sites for hydroxylation is 1. The molecule has 2 aliphatic rings. The molecule has 3 heteroatoms. The highest BCUT2D eigenvalue weighted by Gasteiger charge is 2.29. The summed E-state index contributed by atoms with van der Waals surface area (Å²) >= 11 is 0. The molecule has 3 rings (SSSR count). The van der Waals surface area contributed by atoms with Crippen LogP contribution in [0.5, 0.6) is 0 Å². The van der Waals surface area contributed by atoms with Crippen molar-refractivity contribution in [2.24, 2.45) is 0 Å². The van der Waals surface area contributed by atoms with Crippen LogP contribution in [-0.2, 0) is 12.8 Å². The first-order valence-electron chi connectivity index (χ1n) is 6.74. The summed E-state index contributed by atoms with van der Waals surface area (Å²) in [4.78, 5) is 14.9. The van der Waals surface area contributed by atoms with Crippen LogP contribution in [-0.4, -0.2) is 16.1 Å². The molecule has 1 aromatic rings. The molecule has 0 aromatic carbocycles. The topological polar surface area (TPSA) is 53.1 Å². The van der Waals surface area contributed by atoms with Gasteiger partial charge in [0.25, 0.3) is 0 Å². The summed E-state index contributed by atoms with van der Waals surface area (Å²) in [5.41, 5.74) is 3.95. The van der Waals surface area contributed by atoms with E-state index in [0.717, 1.165) is 43.4 Å². The Morgan fingerprint density at radius 2 is 1.82 bits per heavy atom. The Balaban J connectivity index is 2.06. The van der Waals surface area contributed by atoms with Crippen molar-refractivity contribution in [2.45, 2.75) is 57.3 Å². The van der Waals surface area contributed by atoms with Gasteiger partial charge in [0.1, 0.15) is 0 Å². The second-order valence-electron chi connectivity index (χ2n) is 5.36. The van der Waals surface area contributed by atoms with Gasteiger partial charge in [-0.1, -0.05) is 12.8 Å². The van der Waals surface area contributed by atoms with Crippen molar-refractivity contribution < 1.29 is 9.90 Å². The maximum atomic E-state index is 11.5. The fourth-order valence-electron chi connectivity index (χ4n) is 3.47. The van der Waals surface area contributed by atoms with Crippen LogP contribution in [0, 0.1) is 0 Å². The van der Waals surface area contributed by atoms with E-state index in [1.807, 2.05) is 0 Å². The Morgan fingerprint density at radius 3 is 2.53 bits per heavy atom. The zero-order valence-electron chi connectivity index (χ0n) is 10.1. The van der Waals surface area contributed by atoms with Crippen molar-refractivity contribution in [2.75, 3.05) is 0 Å². The van der Waals surface area contributed by atoms with Gasteiger partial charge in [-0.15, -0.1) is 0 Å². The number of carboxylic acid groups (broad SMARTS) is 1. The lowest BCUT2D eigenvalue weighted by molar-refractivity contribution is 0.0694. The zero-order valence-corrected chi connectivity index (χ0v) is 10.1. The fraction of sp³-hybridized carbons (Fsp3) is 0.643. The van der Waals surface area contributed by atoms with Crippen LogP contribution in [0.4, 0.5) is 0 Å². The number of hydrogen-bond donors (Lipinski definition) is 2. The molecule has 0 aliphatic heterocycles. The highest BCUT2D eigenvalue weighted by Crippen LogP contribution is 2.38. The number of H-pyrrole nitrogens is 1. The highest BCUT2D eigenvalue weighted by molar-refractivity contribution is 5.91. The number of hydrogen-bond acceptors (Lipinski definition) is 1. The second kappa shape index (κ2) is 4.21. The molecule has 1 heterocycles. The molecular formula is C14H19NO2. The van der Waals surface area contributed by atoms with E-state index in [2.05, 4.69) is 4.98 Å². The maximum absolute atomic E-state index is 11.5. The molecular weight excluding hydrogens is 214 g/mol. The lowest BCUT2D eigenvalue weighted by Crippen LogP contribution is -2.08. The van der Waals surface area contributed by atoms with Gasteiger partial charge in [-0.3, -0.25) is 0 Å². The number of carboxylic acids is 1. The van der Waals surface area contributed by atoms with Gasteiger partial charge < -0.3 is 10.1 Å². The monoisotopic (exact) mass is 233 g/mol. The summed E-state index contributed by atoms with van der Waals surface area (Å²) in [6, 6.07) is 0. The lowest BCUT2D eigenvalue weighted by Gasteiger charge is -2.11. The minimum atomic E-state index is -0.730. The highest BCUT2D eigenvalue weighted by atomic mass is 16.4. The standard InChI is InChI=1S/C14H19NO2/c16-14(17)12-10-7-3-4-8-11(10)15-13(12)9-5-1-2-6-9/h9,15H,1-8H2,(H,16,17). The molecule has 3 nitrogen and oxygen atoms in total. The van der Waals surface area contributed by atoms with E-state index in [4.69, 9.17) is 0 Å². The smallest absolute Gasteiger partial charge is 0.337 e. The van der Waals surface area contributed by atoms with Crippen molar-refractivity contribution in [1.82, 2.24) is 4.98 Å². The van der Waals surface area contributed by atoms with Crippen molar-refractivity contribution in [3.63, 3.8) is 0 Å². The number of carbonyl (C=O) groups is 1. The van der Waals surface area contributed by atoms with Gasteiger partial charge in [0, 0.05) is 11.4 Å². The predicted molar refractivity (Wildman–Crippen MR) is 65.6 cm³/mol. The third kappa shape index (κ3) is 1.78. The third-order valence-corrected chi connectivity index (χ3v) is 4.30. The van der Waals surface area contributed by atoms with E-state index in [1.54, 1.807) is 0 Å². The number of rotatable bonds is 2. The molecule has 0 atom stereocenters. The van der Waals surface area contributed by atoms with Crippen molar-refractivity contribution >= 4 is 5.97 Å². The van der Waals surface area contributed by atoms with Crippen LogP contribution >= 0.6 is 0 Å². The summed E-state index contributed by atoms with van der Waals surface area (Å²) in [5.74, 6) is -0.266. The van der Waals surface area contributed by atoms with Crippen molar-refractivity contribution in [1.29, 1.82) is 0 Å². The van der Waals surface area contributed by atoms with Gasteiger partial charge in [0.15, 0.2) is 0 Å². The molecule has 0 amide bonds. The molecule has 1 fully saturated rings. The van der Waals surface area contributed by atoms with Crippen LogP contribution in [0.2, 0.25) is 0 Å². The number of aromatic carboxylic acids is 1. The Bertz CT molecular complexity index is 441. The summed E-state index contributed by atoms with van der Waals surface area (Å²) < 4.78 is 0. The Morgan fingerprint density at radius 1 is 1.12 bits per heavy atom. The molecule has 92 valence electrons. The quantitative estimate of drug-likeness (QED) is 0.823. The van der Waals surface area contributed by atoms with Gasteiger partial charge in [0.2, 0.25) is 0 Å². The Labute approximate surface area is 101 Å². The molecule has 1 saturated carbocycles. The average molecular weight is 233 g/mol. The minimum Gasteiger partial charge on any atom is -0.478 e. The van der Waals surface area contributed by atoms with E-state index < -0.39 is 5.97 Å². The Kier molecular flexibility index (Phi) is 2.69. The minimum absolute atomic E-state index is 0.465. The van der Waals surface area contributed by atoms with Crippen molar-refractivity contribution in [3.8, 4) is 0 Å². The van der Waals surface area contributed by atoms with Crippen molar-refractivity contribution in [3.05, 3.63) is 22.5 Å². The predicted octanol–water partition coefficient (Wildman–Crippen LogP) is 3.25. The van der Waals surface area contributed by atoms with E-state index in [1.165, 1.54) is 25.0 Å². The van der Waals surface area contributed by atoms with E-state index in [9.17, 15) is 9.90 Å². The summed E-state index contributed by atoms with van der Waals surface area (Å²) in [5, 5.41) is 9.45. The summed E-state index contributed by atoms with van der Waals surface area (Å²) in [6.07, 6.45) is 9.09. The van der Waals surface area contributed by atoms with E-state index in [-0.39, 0.29) is 0 Å². The largest absolute Gasteiger partial charge is 0.478 e. The first-order chi connectivity index (χ1) is 8.27. The van der Waals surface area contributed by atoms with Gasteiger partial charge in [-0.25, -0.2) is 4.79 Å². The van der Waals surface area contributed by atoms with Crippen LogP contribution in [0.3, 0.4) is 0 Å². The molecule has 0 bridgehead atoms. The number of fused-ring (bicyclic) bond motifs is 1. The molecule has 2 N–H and O–H groups in total. The average Bonchev–Trinajstić information content (AvgIpc) is 2.95. The second-order valence-corrected chi connectivity index (χ2v) is 5.36. The van der Waals surface area contributed by atoms with Gasteiger partial charge >= 0.3 is 5.97 Å². The lowest BCUT2D eigenvalue weighted by atomic mass is 9.92. The normalized spacial score (nSPS) is 20.5. The molecule has 0 radical (unpaired) electrons. The zero-order chi connectivity index (χ0) is 11.8. The third-order valence-electron chi connectivity index (χ3n) is 4.30. The molecule has 0 saturated heterocycles. The summed E-state index contributed by atoms with van der Waals surface area (Å²) in [7, 11) is 0. The van der Waals surface area contributed by atoms with Gasteiger partial charge in [0.05, 0.1) is 5.56 Å². The molecule has 2 aliphatic carbocycles. The Hall–Kier alpha value is -1.25. The molecule has 1 aromatic heterocycles. The van der Waals surface area contributed by atoms with Gasteiger partial charge in [-0.05, 0) is 50.0 Å². The maximum Gasteiger partial charge on any atom is 0.337 e. The van der Waals surface area contributed by atoms with E-state index >= 15 is 0 Å². The van der Waals surface area contributed by atoms with Gasteiger partial charge in [-0.2, -0.15) is 0 Å². The van der Waals surface area contributed by atoms with Crippen LogP contribution < -0.4 is 0 Å². The van der Waals surface area contributed by atoms with E-state index in [0.29, 0.717) is 11.5 Å². The fourth-order valence-corrected chi connectivity index (χ4v) is 3.47. The first-order valence-corrected chi connectivity index (χ1v) is 6.74.